The molecule has 2 aromatic rings. The first kappa shape index (κ1) is 16.6. The molecule has 0 bridgehead atoms. The minimum absolute atomic E-state index is 0.134. The SMILES string of the molecule is Cc1cc(C(F)(F)F)nc(N(C(N)=O)c2cc(F)ccc2F)n1. The van der Waals surface area contributed by atoms with Gasteiger partial charge in [-0.1, -0.05) is 0 Å². The fourth-order valence-corrected chi connectivity index (χ4v) is 1.78. The summed E-state index contributed by atoms with van der Waals surface area (Å²) in [5, 5.41) is 0. The van der Waals surface area contributed by atoms with E-state index < -0.39 is 41.2 Å². The number of anilines is 2. The maximum Gasteiger partial charge on any atom is 0.433 e. The van der Waals surface area contributed by atoms with Crippen LogP contribution in [0.15, 0.2) is 24.3 Å². The molecule has 1 aromatic heterocycles. The van der Waals surface area contributed by atoms with Crippen molar-refractivity contribution in [2.45, 2.75) is 13.1 Å². The number of nitrogens with zero attached hydrogens (tertiary/aromatic N) is 3. The molecule has 0 saturated heterocycles. The number of halogens is 5. The van der Waals surface area contributed by atoms with Gasteiger partial charge in [0.1, 0.15) is 17.3 Å². The van der Waals surface area contributed by atoms with E-state index in [4.69, 9.17) is 5.73 Å². The van der Waals surface area contributed by atoms with Crippen LogP contribution in [-0.4, -0.2) is 16.0 Å². The Morgan fingerprint density at radius 2 is 1.83 bits per heavy atom. The van der Waals surface area contributed by atoms with Crippen LogP contribution in [0.4, 0.5) is 38.4 Å². The summed E-state index contributed by atoms with van der Waals surface area (Å²) in [6.45, 7) is 1.22. The molecule has 1 aromatic carbocycles. The zero-order valence-electron chi connectivity index (χ0n) is 11.5. The molecule has 0 fully saturated rings. The fourth-order valence-electron chi connectivity index (χ4n) is 1.78. The molecule has 2 rings (SSSR count). The first-order chi connectivity index (χ1) is 10.6. The Balaban J connectivity index is 2.66. The minimum Gasteiger partial charge on any atom is -0.351 e. The number of carbonyl (C=O) groups excluding carboxylic acids is 1. The van der Waals surface area contributed by atoms with E-state index in [0.717, 1.165) is 6.07 Å². The molecule has 0 atom stereocenters. The highest BCUT2D eigenvalue weighted by molar-refractivity contribution is 5.96. The van der Waals surface area contributed by atoms with Gasteiger partial charge in [0.15, 0.2) is 0 Å². The molecular formula is C13H9F5N4O. The predicted octanol–water partition coefficient (Wildman–Crippen LogP) is 3.30. The smallest absolute Gasteiger partial charge is 0.351 e. The Kier molecular flexibility index (Phi) is 4.17. The third kappa shape index (κ3) is 3.52. The monoisotopic (exact) mass is 332 g/mol. The quantitative estimate of drug-likeness (QED) is 0.858. The van der Waals surface area contributed by atoms with Gasteiger partial charge in [-0.3, -0.25) is 0 Å². The number of hydrogen-bond acceptors (Lipinski definition) is 3. The van der Waals surface area contributed by atoms with Crippen LogP contribution in [-0.2, 0) is 6.18 Å². The molecule has 122 valence electrons. The van der Waals surface area contributed by atoms with Crippen LogP contribution in [0.25, 0.3) is 0 Å². The molecule has 23 heavy (non-hydrogen) atoms. The van der Waals surface area contributed by atoms with E-state index in [1.54, 1.807) is 0 Å². The van der Waals surface area contributed by atoms with E-state index in [2.05, 4.69) is 9.97 Å². The highest BCUT2D eigenvalue weighted by atomic mass is 19.4. The molecule has 1 heterocycles. The van der Waals surface area contributed by atoms with Gasteiger partial charge in [-0.25, -0.2) is 28.4 Å². The molecule has 5 nitrogen and oxygen atoms in total. The number of hydrogen-bond donors (Lipinski definition) is 1. The Bertz CT molecular complexity index is 763. The summed E-state index contributed by atoms with van der Waals surface area (Å²) in [4.78, 5) is 18.6. The normalized spacial score (nSPS) is 11.4. The van der Waals surface area contributed by atoms with Crippen molar-refractivity contribution in [1.82, 2.24) is 9.97 Å². The van der Waals surface area contributed by atoms with Crippen LogP contribution in [0.5, 0.6) is 0 Å². The first-order valence-corrected chi connectivity index (χ1v) is 6.07. The zero-order chi connectivity index (χ0) is 17.4. The molecule has 0 aliphatic rings. The molecule has 0 aliphatic heterocycles. The van der Waals surface area contributed by atoms with Crippen LogP contribution >= 0.6 is 0 Å². The second-order valence-corrected chi connectivity index (χ2v) is 4.46. The lowest BCUT2D eigenvalue weighted by Crippen LogP contribution is -2.34. The number of primary amides is 1. The lowest BCUT2D eigenvalue weighted by molar-refractivity contribution is -0.141. The third-order valence-corrected chi connectivity index (χ3v) is 2.70. The van der Waals surface area contributed by atoms with Crippen molar-refractivity contribution in [3.05, 3.63) is 47.3 Å². The third-order valence-electron chi connectivity index (χ3n) is 2.70. The maximum absolute atomic E-state index is 13.8. The number of nitrogens with two attached hydrogens (primary N) is 1. The number of alkyl halides is 3. The fraction of sp³-hybridized carbons (Fsp3) is 0.154. The second kappa shape index (κ2) is 5.78. The zero-order valence-corrected chi connectivity index (χ0v) is 11.5. The van der Waals surface area contributed by atoms with Gasteiger partial charge in [-0.05, 0) is 25.1 Å². The van der Waals surface area contributed by atoms with Gasteiger partial charge in [0.25, 0.3) is 0 Å². The lowest BCUT2D eigenvalue weighted by Gasteiger charge is -2.20. The van der Waals surface area contributed by atoms with Crippen LogP contribution in [0.1, 0.15) is 11.4 Å². The summed E-state index contributed by atoms with van der Waals surface area (Å²) in [5.74, 6) is -2.81. The summed E-state index contributed by atoms with van der Waals surface area (Å²) in [7, 11) is 0. The highest BCUT2D eigenvalue weighted by Gasteiger charge is 2.34. The number of amides is 2. The van der Waals surface area contributed by atoms with Crippen molar-refractivity contribution in [2.75, 3.05) is 4.90 Å². The Morgan fingerprint density at radius 1 is 1.17 bits per heavy atom. The number of benzene rings is 1. The van der Waals surface area contributed by atoms with Crippen LogP contribution < -0.4 is 10.6 Å². The summed E-state index contributed by atoms with van der Waals surface area (Å²) in [5.41, 5.74) is 2.89. The van der Waals surface area contributed by atoms with Crippen LogP contribution in [0.2, 0.25) is 0 Å². The Morgan fingerprint density at radius 3 is 2.39 bits per heavy atom. The number of urea groups is 1. The van der Waals surface area contributed by atoms with E-state index in [1.807, 2.05) is 0 Å². The molecular weight excluding hydrogens is 323 g/mol. The first-order valence-electron chi connectivity index (χ1n) is 6.07. The number of carbonyl (C=O) groups is 1. The average molecular weight is 332 g/mol. The van der Waals surface area contributed by atoms with Crippen molar-refractivity contribution in [3.8, 4) is 0 Å². The predicted molar refractivity (Wildman–Crippen MR) is 69.9 cm³/mol. The van der Waals surface area contributed by atoms with Gasteiger partial charge >= 0.3 is 12.2 Å². The summed E-state index contributed by atoms with van der Waals surface area (Å²) in [6.07, 6.45) is -4.81. The lowest BCUT2D eigenvalue weighted by atomic mass is 10.2. The van der Waals surface area contributed by atoms with Gasteiger partial charge in [0, 0.05) is 11.8 Å². The van der Waals surface area contributed by atoms with Gasteiger partial charge in [0.05, 0.1) is 5.69 Å². The van der Waals surface area contributed by atoms with Crippen molar-refractivity contribution in [3.63, 3.8) is 0 Å². The van der Waals surface area contributed by atoms with Crippen molar-refractivity contribution < 1.29 is 26.7 Å². The molecule has 0 unspecified atom stereocenters. The molecule has 0 spiro atoms. The standard InChI is InChI=1S/C13H9F5N4O/c1-6-4-10(13(16,17)18)21-12(20-6)22(11(19)23)9-5-7(14)2-3-8(9)15/h2-5H,1H3,(H2,19,23). The van der Waals surface area contributed by atoms with Gasteiger partial charge < -0.3 is 5.73 Å². The van der Waals surface area contributed by atoms with E-state index in [-0.39, 0.29) is 10.6 Å². The molecule has 0 saturated carbocycles. The van der Waals surface area contributed by atoms with Gasteiger partial charge in [0.2, 0.25) is 5.95 Å². The Labute approximate surface area is 126 Å². The number of aromatic nitrogens is 2. The van der Waals surface area contributed by atoms with Gasteiger partial charge in [-0.15, -0.1) is 0 Å². The van der Waals surface area contributed by atoms with E-state index >= 15 is 0 Å². The van der Waals surface area contributed by atoms with Crippen molar-refractivity contribution in [2.24, 2.45) is 5.73 Å². The van der Waals surface area contributed by atoms with E-state index in [1.165, 1.54) is 6.92 Å². The van der Waals surface area contributed by atoms with Crippen LogP contribution in [0, 0.1) is 18.6 Å². The van der Waals surface area contributed by atoms with E-state index in [9.17, 15) is 26.7 Å². The van der Waals surface area contributed by atoms with E-state index in [0.29, 0.717) is 18.2 Å². The maximum atomic E-state index is 13.8. The molecule has 0 aliphatic carbocycles. The minimum atomic E-state index is -4.81. The largest absolute Gasteiger partial charge is 0.433 e. The summed E-state index contributed by atoms with van der Waals surface area (Å²) >= 11 is 0. The van der Waals surface area contributed by atoms with Crippen LogP contribution in [0.3, 0.4) is 0 Å². The summed E-state index contributed by atoms with van der Waals surface area (Å²) < 4.78 is 65.5. The second-order valence-electron chi connectivity index (χ2n) is 4.46. The molecule has 0 radical (unpaired) electrons. The molecule has 2 amide bonds. The Hall–Kier alpha value is -2.78. The molecule has 2 N–H and O–H groups in total. The summed E-state index contributed by atoms with van der Waals surface area (Å²) in [6, 6.07) is 1.34. The van der Waals surface area contributed by atoms with Crippen molar-refractivity contribution >= 4 is 17.7 Å². The van der Waals surface area contributed by atoms with Gasteiger partial charge in [-0.2, -0.15) is 13.2 Å². The van der Waals surface area contributed by atoms with Crippen molar-refractivity contribution in [1.29, 1.82) is 0 Å². The number of aryl methyl sites for hydroxylation is 1. The average Bonchev–Trinajstić information content (AvgIpc) is 2.41. The highest BCUT2D eigenvalue weighted by Crippen LogP contribution is 2.31. The topological polar surface area (TPSA) is 72.1 Å². The number of rotatable bonds is 2. The molecule has 10 heteroatoms.